The van der Waals surface area contributed by atoms with E-state index in [4.69, 9.17) is 5.11 Å². The molecule has 2 aromatic rings. The van der Waals surface area contributed by atoms with Gasteiger partial charge in [0.25, 0.3) is 5.69 Å². The summed E-state index contributed by atoms with van der Waals surface area (Å²) in [5.74, 6) is 0. The van der Waals surface area contributed by atoms with Crippen molar-refractivity contribution in [2.45, 2.75) is 12.8 Å². The van der Waals surface area contributed by atoms with Gasteiger partial charge in [-0.3, -0.25) is 10.1 Å². The molecular weight excluding hydrogens is 316 g/mol. The van der Waals surface area contributed by atoms with Crippen LogP contribution in [0.2, 0.25) is 0 Å². The predicted molar refractivity (Wildman–Crippen MR) is 71.1 cm³/mol. The van der Waals surface area contributed by atoms with Crippen LogP contribution in [0.3, 0.4) is 0 Å². The molecule has 19 heavy (non-hydrogen) atoms. The summed E-state index contributed by atoms with van der Waals surface area (Å²) in [5, 5.41) is 27.3. The first-order valence-electron chi connectivity index (χ1n) is 5.58. The number of hydrogen-bond acceptors (Lipinski definition) is 5. The van der Waals surface area contributed by atoms with Crippen molar-refractivity contribution in [1.29, 1.82) is 0 Å². The molecule has 7 nitrogen and oxygen atoms in total. The Balaban J connectivity index is 2.26. The lowest BCUT2D eigenvalue weighted by Crippen LogP contribution is -1.97. The number of rotatable bonds is 5. The standard InChI is InChI=1S/C11H11BrN4O3/c12-10-6-9(16(18)19)3-4-11(10)15-7-8(13-14-15)2-1-5-17/h3-4,6-7,17H,1-2,5H2. The van der Waals surface area contributed by atoms with Crippen molar-refractivity contribution in [2.75, 3.05) is 6.61 Å². The zero-order valence-electron chi connectivity index (χ0n) is 9.86. The van der Waals surface area contributed by atoms with E-state index in [1.54, 1.807) is 16.9 Å². The van der Waals surface area contributed by atoms with Crippen LogP contribution in [0.25, 0.3) is 5.69 Å². The Hall–Kier alpha value is -1.80. The van der Waals surface area contributed by atoms with Gasteiger partial charge in [-0.25, -0.2) is 4.68 Å². The minimum absolute atomic E-state index is 0.0104. The van der Waals surface area contributed by atoms with Crippen LogP contribution >= 0.6 is 15.9 Å². The molecule has 0 fully saturated rings. The topological polar surface area (TPSA) is 94.1 Å². The normalized spacial score (nSPS) is 10.6. The molecule has 0 amide bonds. The first-order chi connectivity index (χ1) is 9.11. The summed E-state index contributed by atoms with van der Waals surface area (Å²) in [7, 11) is 0. The molecule has 1 heterocycles. The summed E-state index contributed by atoms with van der Waals surface area (Å²) in [5.41, 5.74) is 1.45. The number of nitrogens with zero attached hydrogens (tertiary/aromatic N) is 4. The molecular formula is C11H11BrN4O3. The van der Waals surface area contributed by atoms with Crippen LogP contribution in [0.15, 0.2) is 28.9 Å². The van der Waals surface area contributed by atoms with Gasteiger partial charge in [0.2, 0.25) is 0 Å². The Morgan fingerprint density at radius 3 is 2.89 bits per heavy atom. The maximum Gasteiger partial charge on any atom is 0.270 e. The number of aromatic nitrogens is 3. The van der Waals surface area contributed by atoms with Crippen LogP contribution in [0.4, 0.5) is 5.69 Å². The number of aryl methyl sites for hydroxylation is 1. The van der Waals surface area contributed by atoms with E-state index < -0.39 is 4.92 Å². The van der Waals surface area contributed by atoms with Crippen LogP contribution < -0.4 is 0 Å². The molecule has 2 rings (SSSR count). The van der Waals surface area contributed by atoms with Gasteiger partial charge in [-0.15, -0.1) is 5.10 Å². The third-order valence-corrected chi connectivity index (χ3v) is 3.16. The maximum absolute atomic E-state index is 10.6. The minimum Gasteiger partial charge on any atom is -0.396 e. The number of halogens is 1. The lowest BCUT2D eigenvalue weighted by molar-refractivity contribution is -0.384. The lowest BCUT2D eigenvalue weighted by atomic mass is 10.2. The van der Waals surface area contributed by atoms with Crippen LogP contribution in [0.1, 0.15) is 12.1 Å². The molecule has 0 atom stereocenters. The number of aliphatic hydroxyl groups is 1. The highest BCUT2D eigenvalue weighted by molar-refractivity contribution is 9.10. The summed E-state index contributed by atoms with van der Waals surface area (Å²) >= 11 is 3.28. The summed E-state index contributed by atoms with van der Waals surface area (Å²) in [6, 6.07) is 4.44. The van der Waals surface area contributed by atoms with E-state index in [1.807, 2.05) is 0 Å². The molecule has 1 aromatic carbocycles. The average molecular weight is 327 g/mol. The fraction of sp³-hybridized carbons (Fsp3) is 0.273. The number of nitro groups is 1. The van der Waals surface area contributed by atoms with E-state index in [0.29, 0.717) is 23.0 Å². The highest BCUT2D eigenvalue weighted by atomic mass is 79.9. The third kappa shape index (κ3) is 3.15. The minimum atomic E-state index is -0.456. The molecule has 0 saturated heterocycles. The molecule has 0 bridgehead atoms. The van der Waals surface area contributed by atoms with Gasteiger partial charge in [-0.1, -0.05) is 5.21 Å². The molecule has 0 saturated carbocycles. The van der Waals surface area contributed by atoms with Gasteiger partial charge >= 0.3 is 0 Å². The molecule has 8 heteroatoms. The Labute approximate surface area is 117 Å². The van der Waals surface area contributed by atoms with Crippen molar-refractivity contribution in [3.05, 3.63) is 44.7 Å². The van der Waals surface area contributed by atoms with E-state index in [9.17, 15) is 10.1 Å². The van der Waals surface area contributed by atoms with Crippen molar-refractivity contribution in [1.82, 2.24) is 15.0 Å². The van der Waals surface area contributed by atoms with Crippen molar-refractivity contribution < 1.29 is 10.0 Å². The van der Waals surface area contributed by atoms with Gasteiger partial charge in [0.1, 0.15) is 0 Å². The number of hydrogen-bond donors (Lipinski definition) is 1. The van der Waals surface area contributed by atoms with E-state index in [1.165, 1.54) is 12.1 Å². The van der Waals surface area contributed by atoms with Gasteiger partial charge in [0, 0.05) is 18.7 Å². The van der Waals surface area contributed by atoms with Crippen molar-refractivity contribution in [2.24, 2.45) is 0 Å². The quantitative estimate of drug-likeness (QED) is 0.668. The van der Waals surface area contributed by atoms with E-state index in [2.05, 4.69) is 26.2 Å². The van der Waals surface area contributed by atoms with Gasteiger partial charge in [0.05, 0.1) is 27.0 Å². The Morgan fingerprint density at radius 2 is 2.26 bits per heavy atom. The molecule has 1 N–H and O–H groups in total. The number of benzene rings is 1. The second-order valence-electron chi connectivity index (χ2n) is 3.87. The Bertz CT molecular complexity index is 599. The predicted octanol–water partition coefficient (Wildman–Crippen LogP) is 1.86. The van der Waals surface area contributed by atoms with E-state index >= 15 is 0 Å². The molecule has 1 aromatic heterocycles. The zero-order valence-corrected chi connectivity index (χ0v) is 11.4. The number of aliphatic hydroxyl groups excluding tert-OH is 1. The largest absolute Gasteiger partial charge is 0.396 e. The summed E-state index contributed by atoms with van der Waals surface area (Å²) in [6.45, 7) is 0.105. The first-order valence-corrected chi connectivity index (χ1v) is 6.37. The molecule has 0 unspecified atom stereocenters. The maximum atomic E-state index is 10.6. The molecule has 0 aliphatic heterocycles. The van der Waals surface area contributed by atoms with Crippen LogP contribution in [0.5, 0.6) is 0 Å². The van der Waals surface area contributed by atoms with Crippen LogP contribution in [-0.2, 0) is 6.42 Å². The number of non-ortho nitro benzene ring substituents is 1. The van der Waals surface area contributed by atoms with Gasteiger partial charge < -0.3 is 5.11 Å². The lowest BCUT2D eigenvalue weighted by Gasteiger charge is -2.02. The van der Waals surface area contributed by atoms with Gasteiger partial charge in [0.15, 0.2) is 0 Å². The summed E-state index contributed by atoms with van der Waals surface area (Å²) in [6.07, 6.45) is 3.00. The molecule has 0 radical (unpaired) electrons. The molecule has 0 spiro atoms. The van der Waals surface area contributed by atoms with E-state index in [0.717, 1.165) is 5.69 Å². The summed E-state index contributed by atoms with van der Waals surface area (Å²) in [4.78, 5) is 10.2. The second-order valence-corrected chi connectivity index (χ2v) is 4.73. The summed E-state index contributed by atoms with van der Waals surface area (Å²) < 4.78 is 2.11. The molecule has 0 aliphatic carbocycles. The highest BCUT2D eigenvalue weighted by Gasteiger charge is 2.11. The Morgan fingerprint density at radius 1 is 1.47 bits per heavy atom. The third-order valence-electron chi connectivity index (χ3n) is 2.52. The fourth-order valence-corrected chi connectivity index (χ4v) is 2.13. The van der Waals surface area contributed by atoms with Crippen LogP contribution in [0, 0.1) is 10.1 Å². The molecule has 100 valence electrons. The van der Waals surface area contributed by atoms with Gasteiger partial charge in [-0.05, 0) is 34.8 Å². The first kappa shape index (κ1) is 13.6. The highest BCUT2D eigenvalue weighted by Crippen LogP contribution is 2.25. The monoisotopic (exact) mass is 326 g/mol. The second kappa shape index (κ2) is 5.89. The smallest absolute Gasteiger partial charge is 0.270 e. The number of nitro benzene ring substituents is 1. The average Bonchev–Trinajstić information content (AvgIpc) is 2.84. The van der Waals surface area contributed by atoms with Crippen molar-refractivity contribution >= 4 is 21.6 Å². The van der Waals surface area contributed by atoms with Crippen LogP contribution in [-0.4, -0.2) is 31.6 Å². The van der Waals surface area contributed by atoms with Crippen molar-refractivity contribution in [3.63, 3.8) is 0 Å². The molecule has 0 aliphatic rings. The van der Waals surface area contributed by atoms with Crippen molar-refractivity contribution in [3.8, 4) is 5.69 Å². The Kier molecular flexibility index (Phi) is 4.23. The van der Waals surface area contributed by atoms with E-state index in [-0.39, 0.29) is 12.3 Å². The SMILES string of the molecule is O=[N+]([O-])c1ccc(-n2cc(CCCO)nn2)c(Br)c1. The zero-order chi connectivity index (χ0) is 13.8. The fourth-order valence-electron chi connectivity index (χ4n) is 1.59. The van der Waals surface area contributed by atoms with Gasteiger partial charge in [-0.2, -0.15) is 0 Å².